The number of pyridine rings is 1. The van der Waals surface area contributed by atoms with E-state index < -0.39 is 0 Å². The van der Waals surface area contributed by atoms with Gasteiger partial charge in [0.15, 0.2) is 0 Å². The summed E-state index contributed by atoms with van der Waals surface area (Å²) in [5.41, 5.74) is 1.44. The Kier molecular flexibility index (Phi) is 2.67. The standard InChI is InChI=1S/C11H13N3O/c1-2-8-14-9(5-7-13-14)11-10(15)4-3-6-12-11/h3-7,15H,2,8H2,1H3. The van der Waals surface area contributed by atoms with Gasteiger partial charge in [0, 0.05) is 18.9 Å². The van der Waals surface area contributed by atoms with Crippen molar-refractivity contribution in [3.8, 4) is 17.1 Å². The fourth-order valence-electron chi connectivity index (χ4n) is 1.52. The van der Waals surface area contributed by atoms with Crippen molar-refractivity contribution in [1.29, 1.82) is 0 Å². The van der Waals surface area contributed by atoms with Gasteiger partial charge in [-0.3, -0.25) is 9.67 Å². The van der Waals surface area contributed by atoms with E-state index in [0.29, 0.717) is 5.69 Å². The number of hydrogen-bond donors (Lipinski definition) is 1. The van der Waals surface area contributed by atoms with Crippen molar-refractivity contribution in [2.45, 2.75) is 19.9 Å². The minimum atomic E-state index is 0.190. The minimum Gasteiger partial charge on any atom is -0.506 e. The largest absolute Gasteiger partial charge is 0.506 e. The zero-order valence-corrected chi connectivity index (χ0v) is 8.59. The van der Waals surface area contributed by atoms with Gasteiger partial charge < -0.3 is 5.11 Å². The number of aromatic hydroxyl groups is 1. The molecule has 0 amide bonds. The molecule has 1 N–H and O–H groups in total. The molecule has 0 fully saturated rings. The summed E-state index contributed by atoms with van der Waals surface area (Å²) in [7, 11) is 0. The Hall–Kier alpha value is -1.84. The summed E-state index contributed by atoms with van der Waals surface area (Å²) in [5.74, 6) is 0.190. The lowest BCUT2D eigenvalue weighted by Gasteiger charge is -2.06. The van der Waals surface area contributed by atoms with Gasteiger partial charge in [-0.1, -0.05) is 6.92 Å². The number of aryl methyl sites for hydroxylation is 1. The van der Waals surface area contributed by atoms with Crippen molar-refractivity contribution in [3.05, 3.63) is 30.6 Å². The molecule has 2 aromatic heterocycles. The zero-order chi connectivity index (χ0) is 10.7. The lowest BCUT2D eigenvalue weighted by Crippen LogP contribution is -2.01. The van der Waals surface area contributed by atoms with Crippen LogP contribution in [0.5, 0.6) is 5.75 Å². The Morgan fingerprint density at radius 1 is 1.33 bits per heavy atom. The molecule has 0 atom stereocenters. The summed E-state index contributed by atoms with van der Waals surface area (Å²) in [6.07, 6.45) is 4.39. The molecule has 0 bridgehead atoms. The van der Waals surface area contributed by atoms with Crippen molar-refractivity contribution >= 4 is 0 Å². The highest BCUT2D eigenvalue weighted by Crippen LogP contribution is 2.25. The fourth-order valence-corrected chi connectivity index (χ4v) is 1.52. The van der Waals surface area contributed by atoms with Crippen LogP contribution in [0.25, 0.3) is 11.4 Å². The van der Waals surface area contributed by atoms with Crippen LogP contribution in [0, 0.1) is 0 Å². The average molecular weight is 203 g/mol. The van der Waals surface area contributed by atoms with Gasteiger partial charge in [-0.25, -0.2) is 0 Å². The van der Waals surface area contributed by atoms with Crippen LogP contribution in [-0.4, -0.2) is 19.9 Å². The van der Waals surface area contributed by atoms with E-state index in [0.717, 1.165) is 18.7 Å². The van der Waals surface area contributed by atoms with Crippen LogP contribution in [0.15, 0.2) is 30.6 Å². The second kappa shape index (κ2) is 4.13. The van der Waals surface area contributed by atoms with Gasteiger partial charge in [0.05, 0.1) is 5.69 Å². The molecule has 4 nitrogen and oxygen atoms in total. The molecule has 2 rings (SSSR count). The third-order valence-corrected chi connectivity index (χ3v) is 2.18. The molecule has 0 saturated carbocycles. The molecular formula is C11H13N3O. The molecule has 2 aromatic rings. The molecule has 15 heavy (non-hydrogen) atoms. The van der Waals surface area contributed by atoms with Crippen LogP contribution >= 0.6 is 0 Å². The third kappa shape index (κ3) is 1.83. The molecule has 0 aliphatic carbocycles. The predicted molar refractivity (Wildman–Crippen MR) is 57.4 cm³/mol. The van der Waals surface area contributed by atoms with E-state index in [1.54, 1.807) is 24.5 Å². The van der Waals surface area contributed by atoms with Crippen molar-refractivity contribution in [2.24, 2.45) is 0 Å². The maximum atomic E-state index is 9.67. The first-order chi connectivity index (χ1) is 7.33. The predicted octanol–water partition coefficient (Wildman–Crippen LogP) is 2.06. The molecule has 0 radical (unpaired) electrons. The van der Waals surface area contributed by atoms with Crippen molar-refractivity contribution in [3.63, 3.8) is 0 Å². The molecule has 0 saturated heterocycles. The Bertz CT molecular complexity index is 451. The molecular weight excluding hydrogens is 190 g/mol. The fraction of sp³-hybridized carbons (Fsp3) is 0.273. The quantitative estimate of drug-likeness (QED) is 0.830. The average Bonchev–Trinajstić information content (AvgIpc) is 2.67. The maximum Gasteiger partial charge on any atom is 0.143 e. The minimum absolute atomic E-state index is 0.190. The summed E-state index contributed by atoms with van der Waals surface area (Å²) >= 11 is 0. The first-order valence-electron chi connectivity index (χ1n) is 4.99. The van der Waals surface area contributed by atoms with Crippen LogP contribution in [0.3, 0.4) is 0 Å². The second-order valence-corrected chi connectivity index (χ2v) is 3.31. The van der Waals surface area contributed by atoms with E-state index in [1.807, 2.05) is 10.7 Å². The number of nitrogens with zero attached hydrogens (tertiary/aromatic N) is 3. The highest BCUT2D eigenvalue weighted by atomic mass is 16.3. The lowest BCUT2D eigenvalue weighted by molar-refractivity contribution is 0.473. The van der Waals surface area contributed by atoms with E-state index >= 15 is 0 Å². The summed E-state index contributed by atoms with van der Waals surface area (Å²) in [4.78, 5) is 4.15. The lowest BCUT2D eigenvalue weighted by atomic mass is 10.2. The SMILES string of the molecule is CCCn1nccc1-c1ncccc1O. The number of aromatic nitrogens is 3. The van der Waals surface area contributed by atoms with Gasteiger partial charge in [0.25, 0.3) is 0 Å². The highest BCUT2D eigenvalue weighted by Gasteiger charge is 2.09. The molecule has 0 aliphatic rings. The van der Waals surface area contributed by atoms with E-state index in [4.69, 9.17) is 0 Å². The van der Waals surface area contributed by atoms with Crippen molar-refractivity contribution < 1.29 is 5.11 Å². The molecule has 0 aromatic carbocycles. The summed E-state index contributed by atoms with van der Waals surface area (Å²) in [5, 5.41) is 13.9. The summed E-state index contributed by atoms with van der Waals surface area (Å²) in [6.45, 7) is 2.92. The van der Waals surface area contributed by atoms with Crippen molar-refractivity contribution in [2.75, 3.05) is 0 Å². The van der Waals surface area contributed by atoms with E-state index in [-0.39, 0.29) is 5.75 Å². The summed E-state index contributed by atoms with van der Waals surface area (Å²) in [6, 6.07) is 5.20. The van der Waals surface area contributed by atoms with Gasteiger partial charge >= 0.3 is 0 Å². The van der Waals surface area contributed by atoms with E-state index in [2.05, 4.69) is 17.0 Å². The van der Waals surface area contributed by atoms with Gasteiger partial charge in [0.1, 0.15) is 11.4 Å². The summed E-state index contributed by atoms with van der Waals surface area (Å²) < 4.78 is 1.85. The molecule has 4 heteroatoms. The molecule has 78 valence electrons. The highest BCUT2D eigenvalue weighted by molar-refractivity contribution is 5.61. The molecule has 0 aliphatic heterocycles. The monoisotopic (exact) mass is 203 g/mol. The first kappa shape index (κ1) is 9.71. The third-order valence-electron chi connectivity index (χ3n) is 2.18. The van der Waals surface area contributed by atoms with Crippen LogP contribution in [0.4, 0.5) is 0 Å². The van der Waals surface area contributed by atoms with E-state index in [1.165, 1.54) is 0 Å². The normalized spacial score (nSPS) is 10.5. The van der Waals surface area contributed by atoms with Gasteiger partial charge in [0.2, 0.25) is 0 Å². The second-order valence-electron chi connectivity index (χ2n) is 3.31. The van der Waals surface area contributed by atoms with Crippen LogP contribution in [0.1, 0.15) is 13.3 Å². The Balaban J connectivity index is 2.45. The number of rotatable bonds is 3. The topological polar surface area (TPSA) is 50.9 Å². The Morgan fingerprint density at radius 3 is 2.93 bits per heavy atom. The maximum absolute atomic E-state index is 9.67. The smallest absolute Gasteiger partial charge is 0.143 e. The van der Waals surface area contributed by atoms with Crippen LogP contribution in [-0.2, 0) is 6.54 Å². The molecule has 0 spiro atoms. The van der Waals surface area contributed by atoms with Gasteiger partial charge in [-0.05, 0) is 24.6 Å². The molecule has 2 heterocycles. The molecule has 0 unspecified atom stereocenters. The van der Waals surface area contributed by atoms with Gasteiger partial charge in [-0.15, -0.1) is 0 Å². The van der Waals surface area contributed by atoms with Crippen LogP contribution in [0.2, 0.25) is 0 Å². The van der Waals surface area contributed by atoms with Crippen molar-refractivity contribution in [1.82, 2.24) is 14.8 Å². The van der Waals surface area contributed by atoms with E-state index in [9.17, 15) is 5.11 Å². The zero-order valence-electron chi connectivity index (χ0n) is 8.59. The Labute approximate surface area is 88.2 Å². The van der Waals surface area contributed by atoms with Crippen LogP contribution < -0.4 is 0 Å². The Morgan fingerprint density at radius 2 is 2.20 bits per heavy atom. The number of hydrogen-bond acceptors (Lipinski definition) is 3. The van der Waals surface area contributed by atoms with Gasteiger partial charge in [-0.2, -0.15) is 5.10 Å². The first-order valence-corrected chi connectivity index (χ1v) is 4.99.